The molecule has 0 heterocycles. The predicted octanol–water partition coefficient (Wildman–Crippen LogP) is 16.3. The fraction of sp³-hybridized carbons (Fsp3) is 0.982. The molecule has 6 heteroatoms. The van der Waals surface area contributed by atoms with Crippen LogP contribution < -0.4 is 5.32 Å². The standard InChI is InChI=1S/C56H113NO5/c1-3-5-7-9-11-13-15-17-19-20-21-22-23-24-25-26-27-28-29-30-31-32-33-34-36-37-39-41-43-45-47-49-53(59)55(61)52(51-58)57-56(62)54(60)50-48-46-44-42-40-38-35-18-16-14-12-10-8-6-4-2/h52-55,58-61H,3-51H2,1-2H3,(H,57,62). The summed E-state index contributed by atoms with van der Waals surface area (Å²) >= 11 is 0. The summed E-state index contributed by atoms with van der Waals surface area (Å²) in [5.74, 6) is -0.577. The molecule has 0 bridgehead atoms. The number of aliphatic hydroxyl groups excluding tert-OH is 4. The molecule has 0 aromatic carbocycles. The van der Waals surface area contributed by atoms with Gasteiger partial charge in [0.25, 0.3) is 0 Å². The van der Waals surface area contributed by atoms with Crippen LogP contribution in [0.2, 0.25) is 0 Å². The van der Waals surface area contributed by atoms with Crippen LogP contribution in [-0.2, 0) is 4.79 Å². The number of rotatable bonds is 53. The van der Waals surface area contributed by atoms with Crippen LogP contribution >= 0.6 is 0 Å². The zero-order valence-corrected chi connectivity index (χ0v) is 42.2. The maximum absolute atomic E-state index is 12.6. The Morgan fingerprint density at radius 3 is 0.774 bits per heavy atom. The molecule has 0 spiro atoms. The van der Waals surface area contributed by atoms with Gasteiger partial charge in [0.2, 0.25) is 5.91 Å². The smallest absolute Gasteiger partial charge is 0.249 e. The summed E-state index contributed by atoms with van der Waals surface area (Å²) in [6, 6.07) is -0.980. The normalized spacial score (nSPS) is 13.7. The van der Waals surface area contributed by atoms with Gasteiger partial charge in [-0.25, -0.2) is 0 Å². The zero-order chi connectivity index (χ0) is 45.2. The third-order valence-electron chi connectivity index (χ3n) is 13.8. The minimum atomic E-state index is -1.25. The molecule has 0 fully saturated rings. The van der Waals surface area contributed by atoms with Crippen molar-refractivity contribution in [2.75, 3.05) is 6.61 Å². The highest BCUT2D eigenvalue weighted by Gasteiger charge is 2.28. The van der Waals surface area contributed by atoms with E-state index in [-0.39, 0.29) is 0 Å². The lowest BCUT2D eigenvalue weighted by molar-refractivity contribution is -0.132. The second kappa shape index (κ2) is 51.3. The number of unbranched alkanes of at least 4 members (excludes halogenated alkanes) is 44. The number of carbonyl (C=O) groups excluding carboxylic acids is 1. The monoisotopic (exact) mass is 880 g/mol. The van der Waals surface area contributed by atoms with Crippen LogP contribution in [0.3, 0.4) is 0 Å². The zero-order valence-electron chi connectivity index (χ0n) is 42.2. The first-order valence-electron chi connectivity index (χ1n) is 28.4. The Labute approximate surface area is 388 Å². The van der Waals surface area contributed by atoms with Crippen molar-refractivity contribution in [1.82, 2.24) is 5.32 Å². The molecule has 1 amide bonds. The lowest BCUT2D eigenvalue weighted by Gasteiger charge is -2.27. The van der Waals surface area contributed by atoms with E-state index >= 15 is 0 Å². The largest absolute Gasteiger partial charge is 0.394 e. The highest BCUT2D eigenvalue weighted by molar-refractivity contribution is 5.80. The van der Waals surface area contributed by atoms with Gasteiger partial charge in [0.1, 0.15) is 12.2 Å². The third kappa shape index (κ3) is 44.5. The van der Waals surface area contributed by atoms with Gasteiger partial charge in [0.05, 0.1) is 18.8 Å². The molecule has 6 nitrogen and oxygen atoms in total. The van der Waals surface area contributed by atoms with E-state index in [1.807, 2.05) is 0 Å². The van der Waals surface area contributed by atoms with Gasteiger partial charge in [-0.1, -0.05) is 309 Å². The Bertz CT molecular complexity index is 856. The molecule has 0 radical (unpaired) electrons. The molecule has 4 atom stereocenters. The van der Waals surface area contributed by atoms with Crippen molar-refractivity contribution < 1.29 is 25.2 Å². The number of hydrogen-bond acceptors (Lipinski definition) is 5. The van der Waals surface area contributed by atoms with Gasteiger partial charge in [-0.05, 0) is 12.8 Å². The summed E-state index contributed by atoms with van der Waals surface area (Å²) in [4.78, 5) is 12.6. The van der Waals surface area contributed by atoms with Crippen LogP contribution in [0.5, 0.6) is 0 Å². The number of carbonyl (C=O) groups is 1. The fourth-order valence-electron chi connectivity index (χ4n) is 9.35. The van der Waals surface area contributed by atoms with E-state index in [2.05, 4.69) is 19.2 Å². The van der Waals surface area contributed by atoms with Gasteiger partial charge < -0.3 is 25.7 Å². The second-order valence-electron chi connectivity index (χ2n) is 20.0. The molecule has 62 heavy (non-hydrogen) atoms. The lowest BCUT2D eigenvalue weighted by atomic mass is 9.99. The molecule has 4 unspecified atom stereocenters. The van der Waals surface area contributed by atoms with Crippen LogP contribution in [0.4, 0.5) is 0 Å². The highest BCUT2D eigenvalue weighted by Crippen LogP contribution is 2.19. The summed E-state index contributed by atoms with van der Waals surface area (Å²) in [6.07, 6.45) is 59.0. The Hall–Kier alpha value is -0.690. The van der Waals surface area contributed by atoms with Gasteiger partial charge in [-0.3, -0.25) is 4.79 Å². The Morgan fingerprint density at radius 2 is 0.548 bits per heavy atom. The van der Waals surface area contributed by atoms with E-state index in [0.29, 0.717) is 12.8 Å². The molecule has 0 saturated heterocycles. The molecule has 0 aliphatic heterocycles. The number of amides is 1. The first-order valence-corrected chi connectivity index (χ1v) is 28.4. The van der Waals surface area contributed by atoms with Crippen molar-refractivity contribution in [3.8, 4) is 0 Å². The van der Waals surface area contributed by atoms with E-state index in [0.717, 1.165) is 38.5 Å². The molecule has 0 rings (SSSR count). The summed E-state index contributed by atoms with van der Waals surface area (Å²) in [6.45, 7) is 4.09. The van der Waals surface area contributed by atoms with Gasteiger partial charge in [-0.15, -0.1) is 0 Å². The lowest BCUT2D eigenvalue weighted by Crippen LogP contribution is -2.53. The molecule has 0 saturated carbocycles. The predicted molar refractivity (Wildman–Crippen MR) is 270 cm³/mol. The summed E-state index contributed by atoms with van der Waals surface area (Å²) in [5.41, 5.74) is 0. The molecule has 0 aliphatic carbocycles. The molecule has 372 valence electrons. The van der Waals surface area contributed by atoms with Crippen LogP contribution in [0.15, 0.2) is 0 Å². The fourth-order valence-corrected chi connectivity index (χ4v) is 9.35. The first kappa shape index (κ1) is 61.3. The second-order valence-corrected chi connectivity index (χ2v) is 20.0. The third-order valence-corrected chi connectivity index (χ3v) is 13.8. The minimum Gasteiger partial charge on any atom is -0.394 e. The van der Waals surface area contributed by atoms with Crippen molar-refractivity contribution >= 4 is 5.91 Å². The SMILES string of the molecule is CCCCCCCCCCCCCCCCCCCCCCCCCCCCCCCCCC(O)C(O)C(CO)NC(=O)C(O)CCCCCCCCCCCCCCCCC. The summed E-state index contributed by atoms with van der Waals surface area (Å²) < 4.78 is 0. The quantitative estimate of drug-likeness (QED) is 0.0391. The maximum atomic E-state index is 12.6. The Balaban J connectivity index is 3.53. The van der Waals surface area contributed by atoms with E-state index in [1.54, 1.807) is 0 Å². The van der Waals surface area contributed by atoms with Crippen LogP contribution in [0, 0.1) is 0 Å². The van der Waals surface area contributed by atoms with Crippen molar-refractivity contribution in [2.24, 2.45) is 0 Å². The van der Waals surface area contributed by atoms with Crippen molar-refractivity contribution in [1.29, 1.82) is 0 Å². The Kier molecular flexibility index (Phi) is 50.7. The topological polar surface area (TPSA) is 110 Å². The van der Waals surface area contributed by atoms with Gasteiger partial charge in [0.15, 0.2) is 0 Å². The molecule has 0 aromatic heterocycles. The van der Waals surface area contributed by atoms with Gasteiger partial charge in [-0.2, -0.15) is 0 Å². The number of hydrogen-bond donors (Lipinski definition) is 5. The minimum absolute atomic E-state index is 0.376. The Morgan fingerprint density at radius 1 is 0.339 bits per heavy atom. The van der Waals surface area contributed by atoms with Gasteiger partial charge >= 0.3 is 0 Å². The van der Waals surface area contributed by atoms with Crippen molar-refractivity contribution in [3.05, 3.63) is 0 Å². The number of nitrogens with one attached hydrogen (secondary N) is 1. The van der Waals surface area contributed by atoms with E-state index in [9.17, 15) is 25.2 Å². The van der Waals surface area contributed by atoms with Crippen LogP contribution in [-0.4, -0.2) is 57.3 Å². The van der Waals surface area contributed by atoms with E-state index < -0.39 is 36.9 Å². The van der Waals surface area contributed by atoms with Crippen LogP contribution in [0.1, 0.15) is 322 Å². The maximum Gasteiger partial charge on any atom is 0.249 e. The highest BCUT2D eigenvalue weighted by atomic mass is 16.3. The molecule has 5 N–H and O–H groups in total. The molecular formula is C56H113NO5. The van der Waals surface area contributed by atoms with Gasteiger partial charge in [0, 0.05) is 0 Å². The van der Waals surface area contributed by atoms with Crippen molar-refractivity contribution in [3.63, 3.8) is 0 Å². The summed E-state index contributed by atoms with van der Waals surface area (Å²) in [5, 5.41) is 43.9. The van der Waals surface area contributed by atoms with E-state index in [1.165, 1.54) is 257 Å². The first-order chi connectivity index (χ1) is 30.5. The molecular weight excluding hydrogens is 767 g/mol. The van der Waals surface area contributed by atoms with Crippen LogP contribution in [0.25, 0.3) is 0 Å². The average molecular weight is 881 g/mol. The summed E-state index contributed by atoms with van der Waals surface area (Å²) in [7, 11) is 0. The number of aliphatic hydroxyl groups is 4. The van der Waals surface area contributed by atoms with Crippen molar-refractivity contribution in [2.45, 2.75) is 346 Å². The van der Waals surface area contributed by atoms with E-state index in [4.69, 9.17) is 0 Å². The average Bonchev–Trinajstić information content (AvgIpc) is 3.28. The molecule has 0 aromatic rings. The molecule has 0 aliphatic rings.